The summed E-state index contributed by atoms with van der Waals surface area (Å²) in [7, 11) is 1.47. The molecule has 37 heavy (non-hydrogen) atoms. The number of benzene rings is 2. The average molecular weight is 541 g/mol. The molecule has 1 unspecified atom stereocenters. The van der Waals surface area contributed by atoms with Crippen LogP contribution in [0, 0.1) is 18.2 Å². The van der Waals surface area contributed by atoms with Gasteiger partial charge in [0.15, 0.2) is 16.3 Å². The monoisotopic (exact) mass is 540 g/mol. The highest BCUT2D eigenvalue weighted by atomic mass is 35.5. The lowest BCUT2D eigenvalue weighted by atomic mass is 9.96. The largest absolute Gasteiger partial charge is 0.493 e. The Bertz CT molecular complexity index is 1620. The lowest BCUT2D eigenvalue weighted by Crippen LogP contribution is -2.39. The van der Waals surface area contributed by atoms with E-state index >= 15 is 0 Å². The third-order valence-corrected chi connectivity index (χ3v) is 6.82. The van der Waals surface area contributed by atoms with Crippen LogP contribution in [-0.2, 0) is 9.53 Å². The van der Waals surface area contributed by atoms with Gasteiger partial charge in [-0.3, -0.25) is 9.36 Å². The molecule has 1 aliphatic heterocycles. The van der Waals surface area contributed by atoms with Gasteiger partial charge < -0.3 is 14.2 Å². The van der Waals surface area contributed by atoms with Crippen molar-refractivity contribution in [2.45, 2.75) is 19.9 Å². The lowest BCUT2D eigenvalue weighted by molar-refractivity contribution is -0.139. The summed E-state index contributed by atoms with van der Waals surface area (Å²) in [5.41, 5.74) is 1.38. The van der Waals surface area contributed by atoms with E-state index in [-0.39, 0.29) is 29.4 Å². The fourth-order valence-corrected chi connectivity index (χ4v) is 5.30. The number of aromatic nitrogens is 1. The highest BCUT2D eigenvalue weighted by molar-refractivity contribution is 7.07. The van der Waals surface area contributed by atoms with E-state index in [2.05, 4.69) is 10.9 Å². The second-order valence-electron chi connectivity index (χ2n) is 7.88. The molecule has 10 heteroatoms. The molecule has 0 amide bonds. The topological polar surface area (TPSA) is 79.1 Å². The average Bonchev–Trinajstić information content (AvgIpc) is 3.17. The molecule has 1 atom stereocenters. The zero-order valence-corrected chi connectivity index (χ0v) is 21.8. The van der Waals surface area contributed by atoms with Crippen LogP contribution in [0.25, 0.3) is 6.08 Å². The molecular formula is C27H22ClFN2O5S. The van der Waals surface area contributed by atoms with Crippen molar-refractivity contribution < 1.29 is 23.4 Å². The van der Waals surface area contributed by atoms with Crippen molar-refractivity contribution in [3.63, 3.8) is 0 Å². The molecule has 7 nitrogen and oxygen atoms in total. The maximum absolute atomic E-state index is 13.7. The number of nitrogens with zero attached hydrogens (tertiary/aromatic N) is 2. The third-order valence-electron chi connectivity index (χ3n) is 5.55. The number of fused-ring (bicyclic) bond motifs is 1. The second-order valence-corrected chi connectivity index (χ2v) is 9.30. The zero-order valence-electron chi connectivity index (χ0n) is 20.2. The van der Waals surface area contributed by atoms with E-state index in [0.717, 1.165) is 11.3 Å². The number of ether oxygens (including phenoxy) is 3. The molecule has 2 heterocycles. The number of allylic oxidation sites excluding steroid dienone is 1. The molecule has 0 radical (unpaired) electrons. The summed E-state index contributed by atoms with van der Waals surface area (Å²) in [6.45, 7) is 3.54. The van der Waals surface area contributed by atoms with Gasteiger partial charge >= 0.3 is 5.97 Å². The van der Waals surface area contributed by atoms with Gasteiger partial charge in [0.05, 0.1) is 40.6 Å². The Kier molecular flexibility index (Phi) is 7.81. The van der Waals surface area contributed by atoms with E-state index in [0.29, 0.717) is 37.7 Å². The number of carbonyl (C=O) groups excluding carboxylic acids is 1. The van der Waals surface area contributed by atoms with Crippen LogP contribution in [0.15, 0.2) is 57.5 Å². The smallest absolute Gasteiger partial charge is 0.338 e. The van der Waals surface area contributed by atoms with Gasteiger partial charge in [-0.05, 0) is 55.3 Å². The number of terminal acetylenes is 1. The minimum atomic E-state index is -0.837. The number of hydrogen-bond acceptors (Lipinski definition) is 7. The number of thiazole rings is 1. The van der Waals surface area contributed by atoms with E-state index < -0.39 is 17.8 Å². The molecule has 2 aromatic carbocycles. The fraction of sp³-hybridized carbons (Fsp3) is 0.222. The first-order chi connectivity index (χ1) is 17.8. The lowest BCUT2D eigenvalue weighted by Gasteiger charge is -2.24. The van der Waals surface area contributed by atoms with Gasteiger partial charge in [-0.25, -0.2) is 14.2 Å². The summed E-state index contributed by atoms with van der Waals surface area (Å²) in [6.07, 6.45) is 6.92. The first-order valence-corrected chi connectivity index (χ1v) is 12.4. The number of rotatable bonds is 7. The van der Waals surface area contributed by atoms with Gasteiger partial charge in [0.2, 0.25) is 0 Å². The molecule has 3 aromatic rings. The Morgan fingerprint density at radius 2 is 2.05 bits per heavy atom. The van der Waals surface area contributed by atoms with E-state index in [9.17, 15) is 14.0 Å². The molecule has 4 rings (SSSR count). The summed E-state index contributed by atoms with van der Waals surface area (Å²) in [5.74, 6) is 2.00. The molecule has 0 bridgehead atoms. The van der Waals surface area contributed by atoms with Crippen LogP contribution in [-0.4, -0.2) is 30.9 Å². The summed E-state index contributed by atoms with van der Waals surface area (Å²) in [4.78, 5) is 31.5. The van der Waals surface area contributed by atoms with Crippen molar-refractivity contribution in [1.82, 2.24) is 4.57 Å². The van der Waals surface area contributed by atoms with Crippen molar-refractivity contribution in [3.8, 4) is 23.8 Å². The van der Waals surface area contributed by atoms with Crippen molar-refractivity contribution in [2.75, 3.05) is 20.3 Å². The Morgan fingerprint density at radius 3 is 2.70 bits per heavy atom. The molecule has 0 saturated carbocycles. The standard InChI is InChI=1S/C27H22ClFN2O5S/c1-5-11-36-24-19(28)12-16(13-20(24)34-4)14-21-25(32)31-23(17-7-9-18(29)10-8-17)22(26(33)35-6-2)15(3)30-27(31)37-21/h1,7-10,12-14,23H,6,11H2,2-4H3/b21-14+. The Labute approximate surface area is 221 Å². The van der Waals surface area contributed by atoms with Crippen molar-refractivity contribution >= 4 is 35.0 Å². The third kappa shape index (κ3) is 5.17. The van der Waals surface area contributed by atoms with Gasteiger partial charge in [-0.2, -0.15) is 0 Å². The summed E-state index contributed by atoms with van der Waals surface area (Å²) >= 11 is 7.55. The molecule has 0 N–H and O–H groups in total. The van der Waals surface area contributed by atoms with E-state index in [4.69, 9.17) is 32.2 Å². The first kappa shape index (κ1) is 26.2. The van der Waals surface area contributed by atoms with Crippen LogP contribution in [0.4, 0.5) is 4.39 Å². The molecule has 190 valence electrons. The van der Waals surface area contributed by atoms with Gasteiger partial charge in [0, 0.05) is 0 Å². The van der Waals surface area contributed by atoms with Crippen LogP contribution < -0.4 is 24.4 Å². The highest BCUT2D eigenvalue weighted by Crippen LogP contribution is 2.36. The molecule has 0 saturated heterocycles. The van der Waals surface area contributed by atoms with Crippen molar-refractivity contribution in [3.05, 3.63) is 89.3 Å². The minimum absolute atomic E-state index is 0.0135. The quantitative estimate of drug-likeness (QED) is 0.338. The maximum Gasteiger partial charge on any atom is 0.338 e. The van der Waals surface area contributed by atoms with Crippen LogP contribution in [0.1, 0.15) is 31.0 Å². The van der Waals surface area contributed by atoms with Gasteiger partial charge in [0.1, 0.15) is 12.4 Å². The van der Waals surface area contributed by atoms with Gasteiger partial charge in [-0.1, -0.05) is 41.0 Å². The number of halogens is 2. The van der Waals surface area contributed by atoms with E-state index in [1.165, 1.54) is 35.9 Å². The fourth-order valence-electron chi connectivity index (χ4n) is 3.98. The Balaban J connectivity index is 1.90. The number of carbonyl (C=O) groups is 1. The normalized spacial score (nSPS) is 15.0. The molecule has 0 fully saturated rings. The maximum atomic E-state index is 13.7. The van der Waals surface area contributed by atoms with Gasteiger partial charge in [0.25, 0.3) is 5.56 Å². The van der Waals surface area contributed by atoms with E-state index in [1.54, 1.807) is 32.1 Å². The first-order valence-electron chi connectivity index (χ1n) is 11.2. The Hall–Kier alpha value is -3.87. The minimum Gasteiger partial charge on any atom is -0.493 e. The van der Waals surface area contributed by atoms with Crippen LogP contribution in [0.3, 0.4) is 0 Å². The molecule has 0 aliphatic carbocycles. The second kappa shape index (κ2) is 11.0. The summed E-state index contributed by atoms with van der Waals surface area (Å²) in [6, 6.07) is 8.09. The summed E-state index contributed by atoms with van der Waals surface area (Å²) in [5, 5.41) is 0.262. The van der Waals surface area contributed by atoms with E-state index in [1.807, 2.05) is 0 Å². The van der Waals surface area contributed by atoms with Crippen molar-refractivity contribution in [1.29, 1.82) is 0 Å². The van der Waals surface area contributed by atoms with Crippen molar-refractivity contribution in [2.24, 2.45) is 4.99 Å². The number of methoxy groups -OCH3 is 1. The van der Waals surface area contributed by atoms with Crippen LogP contribution in [0.5, 0.6) is 11.5 Å². The predicted molar refractivity (Wildman–Crippen MR) is 139 cm³/mol. The molecular weight excluding hydrogens is 519 g/mol. The molecule has 1 aliphatic rings. The number of hydrogen-bond donors (Lipinski definition) is 0. The molecule has 0 spiro atoms. The predicted octanol–water partition coefficient (Wildman–Crippen LogP) is 3.61. The Morgan fingerprint density at radius 1 is 1.32 bits per heavy atom. The highest BCUT2D eigenvalue weighted by Gasteiger charge is 2.33. The number of esters is 1. The van der Waals surface area contributed by atoms with Gasteiger partial charge in [-0.15, -0.1) is 6.42 Å². The zero-order chi connectivity index (χ0) is 26.7. The van der Waals surface area contributed by atoms with Crippen LogP contribution >= 0.6 is 22.9 Å². The molecule has 1 aromatic heterocycles. The summed E-state index contributed by atoms with van der Waals surface area (Å²) < 4.78 is 31.6. The SMILES string of the molecule is C#CCOc1c(Cl)cc(/C=c2/sc3n(c2=O)C(c2ccc(F)cc2)C(C(=O)OCC)=C(C)N=3)cc1OC. The van der Waals surface area contributed by atoms with Crippen LogP contribution in [0.2, 0.25) is 5.02 Å².